The molecule has 78 valence electrons. The summed E-state index contributed by atoms with van der Waals surface area (Å²) in [4.78, 5) is 0. The summed E-state index contributed by atoms with van der Waals surface area (Å²) in [6.07, 6.45) is 0. The van der Waals surface area contributed by atoms with E-state index in [1.807, 2.05) is 0 Å². The summed E-state index contributed by atoms with van der Waals surface area (Å²) < 4.78 is 4.26. The predicted molar refractivity (Wildman–Crippen MR) is 79.5 cm³/mol. The van der Waals surface area contributed by atoms with E-state index >= 15 is 0 Å². The van der Waals surface area contributed by atoms with Crippen LogP contribution in [0.15, 0.2) is 24.0 Å². The van der Waals surface area contributed by atoms with Crippen molar-refractivity contribution in [2.75, 3.05) is 5.33 Å². The van der Waals surface area contributed by atoms with Gasteiger partial charge < -0.3 is 0 Å². The van der Waals surface area contributed by atoms with Gasteiger partial charge in [-0.1, -0.05) is 22.9 Å². The molecule has 0 saturated carbocycles. The molecule has 0 aliphatic carbocycles. The van der Waals surface area contributed by atoms with Crippen LogP contribution in [-0.2, 0) is 0 Å². The van der Waals surface area contributed by atoms with E-state index in [9.17, 15) is 0 Å². The molecule has 0 heterocycles. The maximum absolute atomic E-state index is 3.59. The van der Waals surface area contributed by atoms with Crippen molar-refractivity contribution in [2.45, 2.75) is 12.8 Å². The van der Waals surface area contributed by atoms with Gasteiger partial charge in [0.25, 0.3) is 0 Å². The van der Waals surface area contributed by atoms with Gasteiger partial charge in [0.15, 0.2) is 0 Å². The summed E-state index contributed by atoms with van der Waals surface area (Å²) in [5, 5.41) is 0.951. The average Bonchev–Trinajstić information content (AvgIpc) is 2.19. The lowest BCUT2D eigenvalue weighted by Gasteiger charge is -2.14. The van der Waals surface area contributed by atoms with Crippen molar-refractivity contribution in [1.29, 1.82) is 0 Å². The lowest BCUT2D eigenvalue weighted by molar-refractivity contribution is 0.878. The molecule has 14 heavy (non-hydrogen) atoms. The van der Waals surface area contributed by atoms with Gasteiger partial charge in [-0.05, 0) is 81.3 Å². The fourth-order valence-electron chi connectivity index (χ4n) is 1.03. The minimum Gasteiger partial charge on any atom is -0.0922 e. The summed E-state index contributed by atoms with van der Waals surface area (Å²) in [5.41, 5.74) is 1.28. The monoisotopic (exact) mass is 510 g/mol. The molecule has 0 radical (unpaired) electrons. The van der Waals surface area contributed by atoms with Crippen molar-refractivity contribution in [3.05, 3.63) is 29.5 Å². The largest absolute Gasteiger partial charge is 0.0922 e. The smallest absolute Gasteiger partial charge is 0.0473 e. The van der Waals surface area contributed by atoms with Crippen LogP contribution >= 0.6 is 79.6 Å². The molecular weight excluding hydrogens is 508 g/mol. The van der Waals surface area contributed by atoms with Crippen molar-refractivity contribution >= 4 is 79.6 Å². The first-order valence-corrected chi connectivity index (χ1v) is 8.17. The summed E-state index contributed by atoms with van der Waals surface area (Å²) in [6, 6.07) is 2.13. The Bertz CT molecular complexity index is 348. The zero-order chi connectivity index (χ0) is 10.9. The van der Waals surface area contributed by atoms with Crippen molar-refractivity contribution in [3.63, 3.8) is 0 Å². The van der Waals surface area contributed by atoms with Crippen molar-refractivity contribution in [3.8, 4) is 0 Å². The lowest BCUT2D eigenvalue weighted by atomic mass is 10.0. The van der Waals surface area contributed by atoms with E-state index < -0.39 is 0 Å². The zero-order valence-electron chi connectivity index (χ0n) is 7.25. The minimum absolute atomic E-state index is 0.477. The fraction of sp³-hybridized carbons (Fsp3) is 0.333. The van der Waals surface area contributed by atoms with Gasteiger partial charge in [-0.25, -0.2) is 0 Å². The highest BCUT2D eigenvalue weighted by atomic mass is 79.9. The number of halogens is 5. The number of hydrogen-bond donors (Lipinski definition) is 0. The third-order valence-electron chi connectivity index (χ3n) is 1.89. The highest BCUT2D eigenvalue weighted by Gasteiger charge is 2.15. The number of benzene rings is 1. The van der Waals surface area contributed by atoms with Crippen LogP contribution in [0.25, 0.3) is 0 Å². The number of alkyl halides is 1. The third-order valence-corrected chi connectivity index (χ3v) is 7.56. The van der Waals surface area contributed by atoms with Crippen LogP contribution in [0.1, 0.15) is 18.4 Å². The normalized spacial score (nSPS) is 13.0. The molecule has 0 saturated heterocycles. The van der Waals surface area contributed by atoms with Gasteiger partial charge in [-0.3, -0.25) is 0 Å². The Morgan fingerprint density at radius 3 is 2.14 bits per heavy atom. The van der Waals surface area contributed by atoms with Gasteiger partial charge >= 0.3 is 0 Å². The van der Waals surface area contributed by atoms with Crippen LogP contribution in [0.2, 0.25) is 0 Å². The highest BCUT2D eigenvalue weighted by molar-refractivity contribution is 9.15. The zero-order valence-corrected chi connectivity index (χ0v) is 15.2. The van der Waals surface area contributed by atoms with Gasteiger partial charge in [0.1, 0.15) is 0 Å². The van der Waals surface area contributed by atoms with Crippen LogP contribution in [-0.4, -0.2) is 5.33 Å². The molecule has 0 aliphatic heterocycles. The van der Waals surface area contributed by atoms with Crippen LogP contribution in [0.5, 0.6) is 0 Å². The van der Waals surface area contributed by atoms with E-state index in [1.165, 1.54) is 5.56 Å². The van der Waals surface area contributed by atoms with E-state index in [-0.39, 0.29) is 0 Å². The summed E-state index contributed by atoms with van der Waals surface area (Å²) >= 11 is 17.6. The van der Waals surface area contributed by atoms with Gasteiger partial charge in [-0.15, -0.1) is 0 Å². The van der Waals surface area contributed by atoms with Crippen molar-refractivity contribution in [1.82, 2.24) is 0 Å². The Balaban J connectivity index is 3.33. The molecule has 1 aromatic rings. The molecule has 0 aromatic heterocycles. The van der Waals surface area contributed by atoms with E-state index in [0.29, 0.717) is 5.92 Å². The van der Waals surface area contributed by atoms with Crippen LogP contribution < -0.4 is 0 Å². The fourth-order valence-corrected chi connectivity index (χ4v) is 3.82. The van der Waals surface area contributed by atoms with Crippen LogP contribution in [0.3, 0.4) is 0 Å². The molecule has 5 heteroatoms. The molecule has 0 amide bonds. The molecule has 0 N–H and O–H groups in total. The Kier molecular flexibility index (Phi) is 5.67. The summed E-state index contributed by atoms with van der Waals surface area (Å²) in [5.74, 6) is 0.477. The molecule has 0 aliphatic rings. The maximum atomic E-state index is 3.59. The van der Waals surface area contributed by atoms with Crippen LogP contribution in [0, 0.1) is 0 Å². The Morgan fingerprint density at radius 2 is 1.64 bits per heavy atom. The molecule has 1 aromatic carbocycles. The Morgan fingerprint density at radius 1 is 1.07 bits per heavy atom. The summed E-state index contributed by atoms with van der Waals surface area (Å²) in [7, 11) is 0. The molecule has 1 unspecified atom stereocenters. The van der Waals surface area contributed by atoms with Gasteiger partial charge in [0, 0.05) is 23.2 Å². The van der Waals surface area contributed by atoms with Gasteiger partial charge in [0.2, 0.25) is 0 Å². The van der Waals surface area contributed by atoms with Gasteiger partial charge in [-0.2, -0.15) is 0 Å². The first-order valence-electron chi connectivity index (χ1n) is 3.87. The molecular formula is C9H7Br5. The molecule has 1 rings (SSSR count). The second-order valence-electron chi connectivity index (χ2n) is 2.94. The second kappa shape index (κ2) is 5.80. The minimum atomic E-state index is 0.477. The molecule has 1 atom stereocenters. The Hall–Kier alpha value is 1.62. The number of rotatable bonds is 2. The first-order chi connectivity index (χ1) is 6.49. The second-order valence-corrected chi connectivity index (χ2v) is 6.83. The number of hydrogen-bond acceptors (Lipinski definition) is 0. The SMILES string of the molecule is CC(CBr)c1cc(Br)c(Br)c(Br)c1Br. The van der Waals surface area contributed by atoms with Crippen molar-refractivity contribution < 1.29 is 0 Å². The standard InChI is InChI=1S/C9H7Br5/c1-4(3-10)5-2-6(11)8(13)9(14)7(5)12/h2,4H,3H2,1H3. The summed E-state index contributed by atoms with van der Waals surface area (Å²) in [6.45, 7) is 2.18. The molecule has 0 spiro atoms. The lowest BCUT2D eigenvalue weighted by Crippen LogP contribution is -1.97. The van der Waals surface area contributed by atoms with Crippen LogP contribution in [0.4, 0.5) is 0 Å². The van der Waals surface area contributed by atoms with E-state index in [0.717, 1.165) is 23.2 Å². The molecule has 0 bridgehead atoms. The van der Waals surface area contributed by atoms with E-state index in [4.69, 9.17) is 0 Å². The molecule has 0 fully saturated rings. The quantitative estimate of drug-likeness (QED) is 0.249. The molecule has 0 nitrogen and oxygen atoms in total. The topological polar surface area (TPSA) is 0 Å². The third kappa shape index (κ3) is 2.84. The van der Waals surface area contributed by atoms with E-state index in [2.05, 4.69) is 92.6 Å². The predicted octanol–water partition coefficient (Wildman–Crippen LogP) is 6.24. The van der Waals surface area contributed by atoms with Gasteiger partial charge in [0.05, 0.1) is 0 Å². The Labute approximate surface area is 126 Å². The van der Waals surface area contributed by atoms with Crippen molar-refractivity contribution in [2.24, 2.45) is 0 Å². The average molecular weight is 515 g/mol. The highest BCUT2D eigenvalue weighted by Crippen LogP contribution is 2.41. The van der Waals surface area contributed by atoms with E-state index in [1.54, 1.807) is 0 Å². The maximum Gasteiger partial charge on any atom is 0.0473 e. The first kappa shape index (κ1) is 13.7.